The summed E-state index contributed by atoms with van der Waals surface area (Å²) in [6.45, 7) is -0.454. The molecule has 2 aromatic rings. The molecule has 2 heterocycles. The van der Waals surface area contributed by atoms with Gasteiger partial charge in [0, 0.05) is 17.2 Å². The monoisotopic (exact) mass is 564 g/mol. The van der Waals surface area contributed by atoms with Gasteiger partial charge in [-0.3, -0.25) is 9.59 Å². The Labute approximate surface area is 226 Å². The highest BCUT2D eigenvalue weighted by molar-refractivity contribution is 6.30. The number of carbonyl (C=O) groups excluding carboxylic acids is 2. The minimum Gasteiger partial charge on any atom is -0.507 e. The van der Waals surface area contributed by atoms with E-state index in [0.29, 0.717) is 5.56 Å². The van der Waals surface area contributed by atoms with Crippen LogP contribution < -0.4 is 9.47 Å². The summed E-state index contributed by atoms with van der Waals surface area (Å²) < 4.78 is 22.0. The molecule has 2 aromatic carbocycles. The predicted octanol–water partition coefficient (Wildman–Crippen LogP) is -2.53. The van der Waals surface area contributed by atoms with E-state index in [-0.39, 0.29) is 28.0 Å². The van der Waals surface area contributed by atoms with E-state index >= 15 is 0 Å². The van der Waals surface area contributed by atoms with E-state index in [9.17, 15) is 50.4 Å². The van der Waals surface area contributed by atoms with Crippen LogP contribution >= 0.6 is 0 Å². The SMILES string of the molecule is Cc1cc(O)c2c(c1)C(=O)c1cc(O[C@@H]3OC[C@@](O)(CO)[C@H]3O)cc(O[C@H]3O[C@@H](CO)[C@H](O)[C@H](O)[C@@H]3O)c1C2=O. The molecule has 2 saturated heterocycles. The molecule has 0 unspecified atom stereocenters. The number of benzene rings is 2. The Morgan fingerprint density at radius 3 is 2.25 bits per heavy atom. The Balaban J connectivity index is 1.59. The molecule has 0 bridgehead atoms. The molecule has 3 aliphatic rings. The third-order valence-corrected chi connectivity index (χ3v) is 7.20. The number of phenolic OH excluding ortho intramolecular Hbond substituents is 1. The Hall–Kier alpha value is -3.18. The number of aryl methyl sites for hydroxylation is 1. The van der Waals surface area contributed by atoms with Gasteiger partial charge in [0.25, 0.3) is 0 Å². The lowest BCUT2D eigenvalue weighted by molar-refractivity contribution is -0.277. The topological polar surface area (TPSA) is 233 Å². The molecule has 0 amide bonds. The van der Waals surface area contributed by atoms with E-state index < -0.39 is 91.6 Å². The van der Waals surface area contributed by atoms with Crippen molar-refractivity contribution in [1.29, 1.82) is 0 Å². The maximum atomic E-state index is 13.6. The van der Waals surface area contributed by atoms with Crippen LogP contribution in [-0.4, -0.2) is 121 Å². The molecule has 1 aliphatic carbocycles. The Bertz CT molecular complexity index is 1340. The Kier molecular flexibility index (Phi) is 7.33. The van der Waals surface area contributed by atoms with Gasteiger partial charge >= 0.3 is 0 Å². The van der Waals surface area contributed by atoms with Crippen LogP contribution in [0.15, 0.2) is 24.3 Å². The lowest BCUT2D eigenvalue weighted by Crippen LogP contribution is -2.60. The Morgan fingerprint density at radius 1 is 0.900 bits per heavy atom. The highest BCUT2D eigenvalue weighted by Crippen LogP contribution is 2.41. The van der Waals surface area contributed by atoms with Gasteiger partial charge in [0.05, 0.1) is 30.9 Å². The first kappa shape index (κ1) is 28.4. The number of aliphatic hydroxyl groups excluding tert-OH is 6. The number of aromatic hydroxyl groups is 1. The molecular formula is C26H28O14. The number of hydrogen-bond donors (Lipinski definition) is 8. The van der Waals surface area contributed by atoms with Crippen LogP contribution in [0.4, 0.5) is 0 Å². The summed E-state index contributed by atoms with van der Waals surface area (Å²) in [6, 6.07) is 4.96. The lowest BCUT2D eigenvalue weighted by atomic mass is 9.82. The minimum atomic E-state index is -2.02. The highest BCUT2D eigenvalue weighted by Gasteiger charge is 2.50. The van der Waals surface area contributed by atoms with Gasteiger partial charge in [-0.05, 0) is 30.7 Å². The van der Waals surface area contributed by atoms with Crippen molar-refractivity contribution in [2.24, 2.45) is 0 Å². The van der Waals surface area contributed by atoms with Gasteiger partial charge in [0.2, 0.25) is 18.4 Å². The van der Waals surface area contributed by atoms with Gasteiger partial charge < -0.3 is 59.8 Å². The van der Waals surface area contributed by atoms with Crippen LogP contribution in [0.3, 0.4) is 0 Å². The molecule has 0 spiro atoms. The molecule has 14 heteroatoms. The third kappa shape index (κ3) is 4.52. The van der Waals surface area contributed by atoms with E-state index in [1.165, 1.54) is 12.1 Å². The summed E-state index contributed by atoms with van der Waals surface area (Å²) in [5.41, 5.74) is -2.51. The van der Waals surface area contributed by atoms with Crippen molar-refractivity contribution in [2.45, 2.75) is 55.6 Å². The zero-order valence-corrected chi connectivity index (χ0v) is 21.0. The molecule has 0 aromatic heterocycles. The molecule has 5 rings (SSSR count). The number of hydrogen-bond acceptors (Lipinski definition) is 14. The number of aliphatic hydroxyl groups is 7. The standard InChI is InChI=1S/C26H28O14/c1-9-2-11-16(13(29)3-9)20(32)17-12(18(11)30)4-10(38-25-23(35)26(36,7-28)8-37-25)5-14(17)39-24-22(34)21(33)19(31)15(6-27)40-24/h2-5,15,19,21-25,27-29,31,33-36H,6-8H2,1H3/t15-,19-,21-,22-,23-,24-,25-,26-/m0/s1. The molecule has 14 nitrogen and oxygen atoms in total. The second-order valence-electron chi connectivity index (χ2n) is 10.0. The number of fused-ring (bicyclic) bond motifs is 2. The first-order chi connectivity index (χ1) is 18.9. The molecule has 2 aliphatic heterocycles. The van der Waals surface area contributed by atoms with E-state index in [4.69, 9.17) is 18.9 Å². The first-order valence-electron chi connectivity index (χ1n) is 12.3. The van der Waals surface area contributed by atoms with Crippen molar-refractivity contribution in [1.82, 2.24) is 0 Å². The molecular weight excluding hydrogens is 536 g/mol. The van der Waals surface area contributed by atoms with Gasteiger partial charge in [-0.25, -0.2) is 0 Å². The van der Waals surface area contributed by atoms with Crippen LogP contribution in [0.5, 0.6) is 17.2 Å². The van der Waals surface area contributed by atoms with Crippen molar-refractivity contribution < 1.29 is 69.4 Å². The van der Waals surface area contributed by atoms with Crippen LogP contribution in [0.1, 0.15) is 37.4 Å². The van der Waals surface area contributed by atoms with E-state index in [2.05, 4.69) is 0 Å². The highest BCUT2D eigenvalue weighted by atomic mass is 16.7. The Morgan fingerprint density at radius 2 is 1.60 bits per heavy atom. The van der Waals surface area contributed by atoms with E-state index in [0.717, 1.165) is 12.1 Å². The van der Waals surface area contributed by atoms with Crippen molar-refractivity contribution in [3.05, 3.63) is 52.1 Å². The fourth-order valence-electron chi connectivity index (χ4n) is 4.94. The molecule has 2 fully saturated rings. The van der Waals surface area contributed by atoms with Crippen molar-refractivity contribution in [3.8, 4) is 17.2 Å². The number of phenols is 1. The maximum Gasteiger partial charge on any atom is 0.229 e. The zero-order valence-electron chi connectivity index (χ0n) is 21.0. The third-order valence-electron chi connectivity index (χ3n) is 7.20. The minimum absolute atomic E-state index is 0.0993. The number of ether oxygens (including phenoxy) is 4. The molecule has 0 radical (unpaired) electrons. The smallest absolute Gasteiger partial charge is 0.229 e. The second kappa shape index (κ2) is 10.3. The fourth-order valence-corrected chi connectivity index (χ4v) is 4.94. The van der Waals surface area contributed by atoms with Crippen LogP contribution in [0, 0.1) is 6.92 Å². The summed E-state index contributed by atoms with van der Waals surface area (Å²) in [7, 11) is 0. The predicted molar refractivity (Wildman–Crippen MR) is 129 cm³/mol. The van der Waals surface area contributed by atoms with Crippen LogP contribution in [-0.2, 0) is 9.47 Å². The van der Waals surface area contributed by atoms with Gasteiger partial charge in [-0.15, -0.1) is 0 Å². The normalized spacial score (nSPS) is 33.5. The average Bonchev–Trinajstić information content (AvgIpc) is 3.20. The molecule has 40 heavy (non-hydrogen) atoms. The number of rotatable bonds is 6. The summed E-state index contributed by atoms with van der Waals surface area (Å²) in [4.78, 5) is 27.2. The quantitative estimate of drug-likeness (QED) is 0.154. The fraction of sp³-hybridized carbons (Fsp3) is 0.462. The van der Waals surface area contributed by atoms with Crippen molar-refractivity contribution >= 4 is 11.6 Å². The van der Waals surface area contributed by atoms with Crippen LogP contribution in [0.2, 0.25) is 0 Å². The number of carbonyl (C=O) groups is 2. The molecule has 8 atom stereocenters. The summed E-state index contributed by atoms with van der Waals surface area (Å²) in [6.07, 6.45) is -11.7. The lowest BCUT2D eigenvalue weighted by Gasteiger charge is -2.40. The summed E-state index contributed by atoms with van der Waals surface area (Å²) in [5, 5.41) is 80.9. The zero-order chi connectivity index (χ0) is 29.1. The van der Waals surface area contributed by atoms with E-state index in [1.807, 2.05) is 0 Å². The molecule has 8 N–H and O–H groups in total. The first-order valence-corrected chi connectivity index (χ1v) is 12.3. The van der Waals surface area contributed by atoms with Crippen LogP contribution in [0.25, 0.3) is 0 Å². The largest absolute Gasteiger partial charge is 0.507 e. The summed E-state index contributed by atoms with van der Waals surface area (Å²) >= 11 is 0. The van der Waals surface area contributed by atoms with Crippen molar-refractivity contribution in [2.75, 3.05) is 19.8 Å². The molecule has 0 saturated carbocycles. The van der Waals surface area contributed by atoms with Gasteiger partial charge in [-0.1, -0.05) is 0 Å². The van der Waals surface area contributed by atoms with Crippen molar-refractivity contribution in [3.63, 3.8) is 0 Å². The van der Waals surface area contributed by atoms with E-state index in [1.54, 1.807) is 6.92 Å². The molecule has 216 valence electrons. The second-order valence-corrected chi connectivity index (χ2v) is 10.0. The van der Waals surface area contributed by atoms with Gasteiger partial charge in [0.1, 0.15) is 53.4 Å². The summed E-state index contributed by atoms with van der Waals surface area (Å²) in [5.74, 6) is -2.59. The van der Waals surface area contributed by atoms with Gasteiger partial charge in [0.15, 0.2) is 5.78 Å². The average molecular weight is 564 g/mol. The van der Waals surface area contributed by atoms with Gasteiger partial charge in [-0.2, -0.15) is 0 Å². The number of ketones is 2. The maximum absolute atomic E-state index is 13.6.